The molecule has 0 bridgehead atoms. The van der Waals surface area contributed by atoms with Crippen molar-refractivity contribution in [2.75, 3.05) is 17.7 Å². The summed E-state index contributed by atoms with van der Waals surface area (Å²) in [5, 5.41) is 18.1. The summed E-state index contributed by atoms with van der Waals surface area (Å²) in [4.78, 5) is 28.2. The van der Waals surface area contributed by atoms with Crippen molar-refractivity contribution in [3.8, 4) is 5.82 Å². The molecule has 1 atom stereocenters. The Morgan fingerprint density at radius 3 is 2.68 bits per heavy atom. The van der Waals surface area contributed by atoms with Crippen LogP contribution >= 0.6 is 22.9 Å². The van der Waals surface area contributed by atoms with Crippen LogP contribution in [-0.2, 0) is 0 Å². The molecule has 10 nitrogen and oxygen atoms in total. The van der Waals surface area contributed by atoms with Crippen molar-refractivity contribution in [1.29, 1.82) is 0 Å². The summed E-state index contributed by atoms with van der Waals surface area (Å²) >= 11 is 7.80. The molecule has 12 heteroatoms. The number of aryl methyl sites for hydroxylation is 1. The van der Waals surface area contributed by atoms with Crippen LogP contribution in [0.15, 0.2) is 30.9 Å². The quantitative estimate of drug-likeness (QED) is 0.400. The van der Waals surface area contributed by atoms with Crippen LogP contribution in [0.2, 0.25) is 5.02 Å². The van der Waals surface area contributed by atoms with E-state index in [4.69, 9.17) is 11.6 Å². The highest BCUT2D eigenvalue weighted by molar-refractivity contribution is 7.18. The topological polar surface area (TPSA) is 123 Å². The molecule has 4 aromatic heterocycles. The second kappa shape index (κ2) is 8.92. The third-order valence-electron chi connectivity index (χ3n) is 4.61. The number of rotatable bonds is 6. The molecule has 4 rings (SSSR count). The fourth-order valence-corrected chi connectivity index (χ4v) is 4.28. The number of nitrogens with zero attached hydrogens (tertiary/aromatic N) is 6. The lowest BCUT2D eigenvalue weighted by molar-refractivity contribution is 0.262. The number of halogens is 1. The van der Waals surface area contributed by atoms with Crippen LogP contribution in [0.25, 0.3) is 16.2 Å². The maximum Gasteiger partial charge on any atom is 0.323 e. The SMILES string of the molecule is CCC(NC)c1c(NC(=O)Nc2cnc(-n3nccn3)c(Cl)c2)cnc2sc(C)nc12. The number of pyridine rings is 2. The van der Waals surface area contributed by atoms with Crippen molar-refractivity contribution in [1.82, 2.24) is 35.3 Å². The number of urea groups is 1. The van der Waals surface area contributed by atoms with Gasteiger partial charge < -0.3 is 16.0 Å². The molecule has 3 N–H and O–H groups in total. The number of carbonyl (C=O) groups is 1. The number of amides is 2. The molecule has 0 aliphatic carbocycles. The van der Waals surface area contributed by atoms with Gasteiger partial charge in [0.1, 0.15) is 10.3 Å². The average molecular weight is 458 g/mol. The average Bonchev–Trinajstić information content (AvgIpc) is 3.39. The van der Waals surface area contributed by atoms with Gasteiger partial charge in [-0.3, -0.25) is 0 Å². The van der Waals surface area contributed by atoms with Crippen molar-refractivity contribution in [2.24, 2.45) is 0 Å². The van der Waals surface area contributed by atoms with E-state index in [1.54, 1.807) is 12.3 Å². The molecule has 160 valence electrons. The van der Waals surface area contributed by atoms with Crippen molar-refractivity contribution >= 4 is 50.7 Å². The molecule has 0 saturated heterocycles. The minimum absolute atomic E-state index is 0.0132. The van der Waals surface area contributed by atoms with E-state index in [0.717, 1.165) is 27.3 Å². The van der Waals surface area contributed by atoms with Gasteiger partial charge in [-0.15, -0.1) is 4.80 Å². The van der Waals surface area contributed by atoms with Gasteiger partial charge in [-0.05, 0) is 26.5 Å². The summed E-state index contributed by atoms with van der Waals surface area (Å²) in [6.07, 6.45) is 7.02. The van der Waals surface area contributed by atoms with Gasteiger partial charge in [-0.1, -0.05) is 29.9 Å². The van der Waals surface area contributed by atoms with Gasteiger partial charge >= 0.3 is 6.03 Å². The van der Waals surface area contributed by atoms with Gasteiger partial charge in [0, 0.05) is 11.6 Å². The summed E-state index contributed by atoms with van der Waals surface area (Å²) in [6, 6.07) is 1.16. The maximum atomic E-state index is 12.7. The van der Waals surface area contributed by atoms with E-state index in [9.17, 15) is 4.79 Å². The van der Waals surface area contributed by atoms with Gasteiger partial charge in [0.25, 0.3) is 0 Å². The second-order valence-electron chi connectivity index (χ2n) is 6.65. The van der Waals surface area contributed by atoms with Crippen molar-refractivity contribution in [3.05, 3.63) is 46.4 Å². The highest BCUT2D eigenvalue weighted by Crippen LogP contribution is 2.33. The number of anilines is 2. The fourth-order valence-electron chi connectivity index (χ4n) is 3.26. The number of hydrogen-bond donors (Lipinski definition) is 3. The minimum Gasteiger partial charge on any atom is -0.313 e. The van der Waals surface area contributed by atoms with E-state index in [0.29, 0.717) is 22.2 Å². The Morgan fingerprint density at radius 2 is 2.00 bits per heavy atom. The number of fused-ring (bicyclic) bond motifs is 1. The second-order valence-corrected chi connectivity index (χ2v) is 8.24. The Morgan fingerprint density at radius 1 is 1.23 bits per heavy atom. The van der Waals surface area contributed by atoms with E-state index in [1.807, 2.05) is 14.0 Å². The number of hydrogen-bond acceptors (Lipinski definition) is 8. The summed E-state index contributed by atoms with van der Waals surface area (Å²) < 4.78 is 0. The van der Waals surface area contributed by atoms with Gasteiger partial charge in [-0.25, -0.2) is 19.7 Å². The molecule has 0 saturated carbocycles. The molecule has 4 heterocycles. The minimum atomic E-state index is -0.442. The predicted octanol–water partition coefficient (Wildman–Crippen LogP) is 3.94. The maximum absolute atomic E-state index is 12.7. The zero-order chi connectivity index (χ0) is 22.0. The van der Waals surface area contributed by atoms with E-state index in [2.05, 4.69) is 48.0 Å². The molecular weight excluding hydrogens is 438 g/mol. The largest absolute Gasteiger partial charge is 0.323 e. The highest BCUT2D eigenvalue weighted by atomic mass is 35.5. The van der Waals surface area contributed by atoms with Crippen LogP contribution in [0, 0.1) is 6.92 Å². The van der Waals surface area contributed by atoms with Crippen molar-refractivity contribution < 1.29 is 4.79 Å². The Balaban J connectivity index is 1.58. The van der Waals surface area contributed by atoms with Gasteiger partial charge in [0.15, 0.2) is 5.82 Å². The van der Waals surface area contributed by atoms with Gasteiger partial charge in [-0.2, -0.15) is 10.2 Å². The lowest BCUT2D eigenvalue weighted by Gasteiger charge is -2.19. The first kappa shape index (κ1) is 21.1. The number of carbonyl (C=O) groups excluding carboxylic acids is 1. The molecule has 0 aliphatic rings. The Hall–Kier alpha value is -3.15. The van der Waals surface area contributed by atoms with Crippen LogP contribution in [0.3, 0.4) is 0 Å². The molecule has 0 aromatic carbocycles. The molecule has 0 fully saturated rings. The fraction of sp³-hybridized carbons (Fsp3) is 0.263. The van der Waals surface area contributed by atoms with Crippen LogP contribution in [0.4, 0.5) is 16.2 Å². The zero-order valence-corrected chi connectivity index (χ0v) is 18.6. The van der Waals surface area contributed by atoms with Gasteiger partial charge in [0.2, 0.25) is 0 Å². The molecule has 2 amide bonds. The Labute approximate surface area is 187 Å². The summed E-state index contributed by atoms with van der Waals surface area (Å²) in [6.45, 7) is 4.01. The van der Waals surface area contributed by atoms with Crippen molar-refractivity contribution in [3.63, 3.8) is 0 Å². The molecule has 0 radical (unpaired) electrons. The molecule has 0 aliphatic heterocycles. The summed E-state index contributed by atoms with van der Waals surface area (Å²) in [5.41, 5.74) is 2.72. The van der Waals surface area contributed by atoms with Crippen LogP contribution in [-0.4, -0.2) is 43.0 Å². The first-order chi connectivity index (χ1) is 15.0. The van der Waals surface area contributed by atoms with Gasteiger partial charge in [0.05, 0.1) is 46.2 Å². The third kappa shape index (κ3) is 4.33. The summed E-state index contributed by atoms with van der Waals surface area (Å²) in [7, 11) is 1.88. The van der Waals surface area contributed by atoms with Crippen LogP contribution in [0.1, 0.15) is 30.0 Å². The van der Waals surface area contributed by atoms with Crippen LogP contribution < -0.4 is 16.0 Å². The lowest BCUT2D eigenvalue weighted by atomic mass is 10.0. The first-order valence-corrected chi connectivity index (χ1v) is 10.7. The monoisotopic (exact) mass is 457 g/mol. The predicted molar refractivity (Wildman–Crippen MR) is 121 cm³/mol. The highest BCUT2D eigenvalue weighted by Gasteiger charge is 2.21. The number of thiazole rings is 1. The smallest absolute Gasteiger partial charge is 0.313 e. The number of nitrogens with one attached hydrogen (secondary N) is 3. The number of aromatic nitrogens is 6. The van der Waals surface area contributed by atoms with E-state index >= 15 is 0 Å². The third-order valence-corrected chi connectivity index (χ3v) is 5.77. The van der Waals surface area contributed by atoms with E-state index in [-0.39, 0.29) is 6.04 Å². The molecule has 0 spiro atoms. The lowest BCUT2D eigenvalue weighted by Crippen LogP contribution is -2.23. The Kier molecular flexibility index (Phi) is 6.07. The van der Waals surface area contributed by atoms with Crippen LogP contribution in [0.5, 0.6) is 0 Å². The Bertz CT molecular complexity index is 1220. The van der Waals surface area contributed by atoms with E-state index in [1.165, 1.54) is 34.7 Å². The van der Waals surface area contributed by atoms with Crippen molar-refractivity contribution in [2.45, 2.75) is 26.3 Å². The zero-order valence-electron chi connectivity index (χ0n) is 17.0. The molecule has 31 heavy (non-hydrogen) atoms. The standard InChI is InChI=1S/C19H20ClN9OS/c1-4-13(21-3)15-14(9-23-18-16(15)26-10(2)31-18)28-19(30)27-11-7-12(20)17(22-8-11)29-24-5-6-25-29/h5-9,13,21H,4H2,1-3H3,(H2,27,28,30). The molecule has 1 unspecified atom stereocenters. The summed E-state index contributed by atoms with van der Waals surface area (Å²) in [5.74, 6) is 0.369. The normalized spacial score (nSPS) is 12.1. The van der Waals surface area contributed by atoms with E-state index < -0.39 is 6.03 Å². The molecule has 4 aromatic rings. The first-order valence-electron chi connectivity index (χ1n) is 9.53. The molecular formula is C19H20ClN9OS.